The SMILES string of the molecule is CC(C)(CO)CNC(=O)c1ccc2c(c1)CCN2. The summed E-state index contributed by atoms with van der Waals surface area (Å²) in [6.07, 6.45) is 0.971. The lowest BCUT2D eigenvalue weighted by Gasteiger charge is -2.21. The summed E-state index contributed by atoms with van der Waals surface area (Å²) in [5.41, 5.74) is 2.73. The van der Waals surface area contributed by atoms with Crippen molar-refractivity contribution in [3.63, 3.8) is 0 Å². The van der Waals surface area contributed by atoms with Gasteiger partial charge in [-0.1, -0.05) is 13.8 Å². The molecule has 0 bridgehead atoms. The number of hydrogen-bond donors (Lipinski definition) is 3. The minimum atomic E-state index is -0.284. The second kappa shape index (κ2) is 4.98. The summed E-state index contributed by atoms with van der Waals surface area (Å²) in [7, 11) is 0. The standard InChI is InChI=1S/C14H20N2O2/c1-14(2,9-17)8-16-13(18)11-3-4-12-10(7-11)5-6-15-12/h3-4,7,15,17H,5-6,8-9H2,1-2H3,(H,16,18). The van der Waals surface area contributed by atoms with Crippen LogP contribution in [-0.2, 0) is 6.42 Å². The zero-order chi connectivity index (χ0) is 13.2. The zero-order valence-electron chi connectivity index (χ0n) is 10.9. The molecule has 0 unspecified atom stereocenters. The fraction of sp³-hybridized carbons (Fsp3) is 0.500. The van der Waals surface area contributed by atoms with Crippen molar-refractivity contribution in [1.29, 1.82) is 0 Å². The smallest absolute Gasteiger partial charge is 0.251 e. The summed E-state index contributed by atoms with van der Waals surface area (Å²) in [5, 5.41) is 15.3. The van der Waals surface area contributed by atoms with Gasteiger partial charge < -0.3 is 15.7 Å². The molecule has 0 saturated carbocycles. The predicted molar refractivity (Wildman–Crippen MR) is 71.8 cm³/mol. The minimum Gasteiger partial charge on any atom is -0.396 e. The van der Waals surface area contributed by atoms with Gasteiger partial charge in [-0.2, -0.15) is 0 Å². The average Bonchev–Trinajstić information content (AvgIpc) is 2.83. The Kier molecular flexibility index (Phi) is 3.57. The van der Waals surface area contributed by atoms with E-state index >= 15 is 0 Å². The summed E-state index contributed by atoms with van der Waals surface area (Å²) in [4.78, 5) is 12.0. The Morgan fingerprint density at radius 2 is 2.28 bits per heavy atom. The third-order valence-corrected chi connectivity index (χ3v) is 3.23. The van der Waals surface area contributed by atoms with Crippen molar-refractivity contribution in [3.05, 3.63) is 29.3 Å². The number of carbonyl (C=O) groups excluding carboxylic acids is 1. The van der Waals surface area contributed by atoms with E-state index in [0.29, 0.717) is 12.1 Å². The van der Waals surface area contributed by atoms with Gasteiger partial charge >= 0.3 is 0 Å². The Morgan fingerprint density at radius 1 is 1.50 bits per heavy atom. The van der Waals surface area contributed by atoms with Crippen LogP contribution in [0.1, 0.15) is 29.8 Å². The van der Waals surface area contributed by atoms with Gasteiger partial charge in [0.15, 0.2) is 0 Å². The fourth-order valence-corrected chi connectivity index (χ4v) is 1.92. The molecule has 1 heterocycles. The maximum absolute atomic E-state index is 12.0. The predicted octanol–water partition coefficient (Wildman–Crippen LogP) is 1.40. The second-order valence-electron chi connectivity index (χ2n) is 5.55. The lowest BCUT2D eigenvalue weighted by Crippen LogP contribution is -2.36. The Bertz CT molecular complexity index is 455. The molecule has 2 rings (SSSR count). The molecule has 4 heteroatoms. The molecule has 0 spiro atoms. The molecule has 1 aliphatic heterocycles. The molecular weight excluding hydrogens is 228 g/mol. The molecule has 1 amide bonds. The third-order valence-electron chi connectivity index (χ3n) is 3.23. The highest BCUT2D eigenvalue weighted by Gasteiger charge is 2.19. The van der Waals surface area contributed by atoms with E-state index in [9.17, 15) is 4.79 Å². The molecule has 1 aliphatic rings. The first-order chi connectivity index (χ1) is 8.52. The van der Waals surface area contributed by atoms with Gasteiger partial charge in [0.05, 0.1) is 0 Å². The molecule has 1 aromatic rings. The first kappa shape index (κ1) is 12.9. The number of benzene rings is 1. The summed E-state index contributed by atoms with van der Waals surface area (Å²) in [6, 6.07) is 5.73. The highest BCUT2D eigenvalue weighted by molar-refractivity contribution is 5.95. The van der Waals surface area contributed by atoms with E-state index in [1.54, 1.807) is 0 Å². The van der Waals surface area contributed by atoms with Gasteiger partial charge in [-0.05, 0) is 30.2 Å². The number of rotatable bonds is 4. The molecule has 4 nitrogen and oxygen atoms in total. The van der Waals surface area contributed by atoms with Crippen LogP contribution >= 0.6 is 0 Å². The molecule has 1 aromatic carbocycles. The Hall–Kier alpha value is -1.55. The van der Waals surface area contributed by atoms with Gasteiger partial charge in [0.25, 0.3) is 5.91 Å². The molecular formula is C14H20N2O2. The summed E-state index contributed by atoms with van der Waals surface area (Å²) in [5.74, 6) is -0.0776. The number of hydrogen-bond acceptors (Lipinski definition) is 3. The number of fused-ring (bicyclic) bond motifs is 1. The van der Waals surface area contributed by atoms with Crippen molar-refractivity contribution in [3.8, 4) is 0 Å². The van der Waals surface area contributed by atoms with E-state index in [4.69, 9.17) is 5.11 Å². The molecule has 0 radical (unpaired) electrons. The van der Waals surface area contributed by atoms with Gasteiger partial charge in [-0.15, -0.1) is 0 Å². The number of aliphatic hydroxyl groups is 1. The van der Waals surface area contributed by atoms with Crippen molar-refractivity contribution >= 4 is 11.6 Å². The second-order valence-corrected chi connectivity index (χ2v) is 5.55. The maximum Gasteiger partial charge on any atom is 0.251 e. The van der Waals surface area contributed by atoms with Crippen molar-refractivity contribution < 1.29 is 9.90 Å². The van der Waals surface area contributed by atoms with Crippen molar-refractivity contribution in [2.24, 2.45) is 5.41 Å². The van der Waals surface area contributed by atoms with E-state index in [1.165, 1.54) is 5.56 Å². The molecule has 0 aliphatic carbocycles. The molecule has 0 saturated heterocycles. The number of aliphatic hydroxyl groups excluding tert-OH is 1. The normalized spacial score (nSPS) is 13.9. The van der Waals surface area contributed by atoms with Gasteiger partial charge in [0.1, 0.15) is 0 Å². The lowest BCUT2D eigenvalue weighted by atomic mass is 9.95. The molecule has 0 fully saturated rings. The van der Waals surface area contributed by atoms with Crippen molar-refractivity contribution in [1.82, 2.24) is 5.32 Å². The Morgan fingerprint density at radius 3 is 3.00 bits per heavy atom. The average molecular weight is 248 g/mol. The number of amides is 1. The van der Waals surface area contributed by atoms with Gasteiger partial charge in [0, 0.05) is 36.4 Å². The maximum atomic E-state index is 12.0. The summed E-state index contributed by atoms with van der Waals surface area (Å²) in [6.45, 7) is 5.30. The first-order valence-corrected chi connectivity index (χ1v) is 6.28. The van der Waals surface area contributed by atoms with Crippen LogP contribution in [0.25, 0.3) is 0 Å². The van der Waals surface area contributed by atoms with Crippen LogP contribution in [0.2, 0.25) is 0 Å². The molecule has 98 valence electrons. The van der Waals surface area contributed by atoms with E-state index in [-0.39, 0.29) is 17.9 Å². The van der Waals surface area contributed by atoms with Crippen LogP contribution in [-0.4, -0.2) is 30.7 Å². The number of nitrogens with one attached hydrogen (secondary N) is 2. The van der Waals surface area contributed by atoms with Crippen LogP contribution in [0, 0.1) is 5.41 Å². The fourth-order valence-electron chi connectivity index (χ4n) is 1.92. The Labute approximate surface area is 107 Å². The monoisotopic (exact) mass is 248 g/mol. The third kappa shape index (κ3) is 2.82. The number of carbonyl (C=O) groups is 1. The van der Waals surface area contributed by atoms with E-state index in [1.807, 2.05) is 32.0 Å². The van der Waals surface area contributed by atoms with Crippen LogP contribution in [0.5, 0.6) is 0 Å². The van der Waals surface area contributed by atoms with E-state index in [0.717, 1.165) is 18.7 Å². The zero-order valence-corrected chi connectivity index (χ0v) is 10.9. The lowest BCUT2D eigenvalue weighted by molar-refractivity contribution is 0.0911. The summed E-state index contributed by atoms with van der Waals surface area (Å²) >= 11 is 0. The highest BCUT2D eigenvalue weighted by atomic mass is 16.3. The van der Waals surface area contributed by atoms with Gasteiger partial charge in [0.2, 0.25) is 0 Å². The number of anilines is 1. The molecule has 0 aromatic heterocycles. The van der Waals surface area contributed by atoms with Crippen LogP contribution in [0.4, 0.5) is 5.69 Å². The quantitative estimate of drug-likeness (QED) is 0.755. The Balaban J connectivity index is 2.01. The van der Waals surface area contributed by atoms with Crippen molar-refractivity contribution in [2.75, 3.05) is 25.0 Å². The first-order valence-electron chi connectivity index (χ1n) is 6.28. The molecule has 18 heavy (non-hydrogen) atoms. The van der Waals surface area contributed by atoms with Gasteiger partial charge in [-0.3, -0.25) is 4.79 Å². The summed E-state index contributed by atoms with van der Waals surface area (Å²) < 4.78 is 0. The van der Waals surface area contributed by atoms with E-state index < -0.39 is 0 Å². The van der Waals surface area contributed by atoms with E-state index in [2.05, 4.69) is 10.6 Å². The molecule has 3 N–H and O–H groups in total. The van der Waals surface area contributed by atoms with Gasteiger partial charge in [-0.25, -0.2) is 0 Å². The van der Waals surface area contributed by atoms with Crippen LogP contribution < -0.4 is 10.6 Å². The van der Waals surface area contributed by atoms with Crippen LogP contribution in [0.3, 0.4) is 0 Å². The topological polar surface area (TPSA) is 61.4 Å². The highest BCUT2D eigenvalue weighted by Crippen LogP contribution is 2.23. The minimum absolute atomic E-state index is 0.0569. The largest absolute Gasteiger partial charge is 0.396 e. The van der Waals surface area contributed by atoms with Crippen molar-refractivity contribution in [2.45, 2.75) is 20.3 Å². The molecule has 0 atom stereocenters. The van der Waals surface area contributed by atoms with Crippen LogP contribution in [0.15, 0.2) is 18.2 Å².